The van der Waals surface area contributed by atoms with Crippen molar-refractivity contribution in [1.82, 2.24) is 0 Å². The summed E-state index contributed by atoms with van der Waals surface area (Å²) in [6, 6.07) is 5.17. The van der Waals surface area contributed by atoms with E-state index in [9.17, 15) is 10.3 Å². The van der Waals surface area contributed by atoms with Crippen molar-refractivity contribution in [3.8, 4) is 0 Å². The first-order valence-electron chi connectivity index (χ1n) is 4.63. The quantitative estimate of drug-likeness (QED) is 0.518. The molecule has 0 amide bonds. The highest BCUT2D eigenvalue weighted by atomic mass is 16.5. The molecule has 0 bridgehead atoms. The molecule has 1 aromatic heterocycles. The van der Waals surface area contributed by atoms with Gasteiger partial charge in [0.2, 0.25) is 5.69 Å². The lowest BCUT2D eigenvalue weighted by Gasteiger charge is -2.19. The Morgan fingerprint density at radius 2 is 2.00 bits per heavy atom. The fraction of sp³-hybridized carbons (Fsp3) is 0.500. The highest BCUT2D eigenvalue weighted by Crippen LogP contribution is 2.36. The molecule has 1 aromatic rings. The average molecular weight is 179 g/mol. The molecule has 0 aromatic carbocycles. The summed E-state index contributed by atoms with van der Waals surface area (Å²) >= 11 is 0. The summed E-state index contributed by atoms with van der Waals surface area (Å²) in [6.07, 6.45) is 4.86. The Morgan fingerprint density at radius 1 is 1.31 bits per heavy atom. The monoisotopic (exact) mass is 179 g/mol. The van der Waals surface area contributed by atoms with Crippen molar-refractivity contribution in [2.75, 3.05) is 0 Å². The predicted molar refractivity (Wildman–Crippen MR) is 47.8 cm³/mol. The summed E-state index contributed by atoms with van der Waals surface area (Å²) in [6.45, 7) is 0. The number of aromatic nitrogens is 1. The van der Waals surface area contributed by atoms with Gasteiger partial charge in [0, 0.05) is 12.1 Å². The summed E-state index contributed by atoms with van der Waals surface area (Å²) in [5.41, 5.74) is -0.379. The number of rotatable bonds is 1. The first kappa shape index (κ1) is 8.51. The second kappa shape index (κ2) is 3.00. The fourth-order valence-corrected chi connectivity index (χ4v) is 2.00. The van der Waals surface area contributed by atoms with Crippen LogP contribution in [-0.2, 0) is 5.60 Å². The van der Waals surface area contributed by atoms with Gasteiger partial charge < -0.3 is 10.3 Å². The molecule has 0 radical (unpaired) electrons. The van der Waals surface area contributed by atoms with Gasteiger partial charge >= 0.3 is 0 Å². The van der Waals surface area contributed by atoms with E-state index in [0.717, 1.165) is 17.6 Å². The Balaban J connectivity index is 2.39. The average Bonchev–Trinajstić information content (AvgIpc) is 2.54. The number of nitrogens with zero attached hydrogens (tertiary/aromatic N) is 1. The topological polar surface area (TPSA) is 47.2 Å². The second-order valence-electron chi connectivity index (χ2n) is 3.65. The van der Waals surface area contributed by atoms with Crippen molar-refractivity contribution < 1.29 is 9.84 Å². The third-order valence-electron chi connectivity index (χ3n) is 2.73. The van der Waals surface area contributed by atoms with E-state index < -0.39 is 5.60 Å². The molecular weight excluding hydrogens is 166 g/mol. The Hall–Kier alpha value is -1.09. The van der Waals surface area contributed by atoms with E-state index in [2.05, 4.69) is 0 Å². The molecule has 3 nitrogen and oxygen atoms in total. The molecule has 70 valence electrons. The molecule has 3 heteroatoms. The number of pyridine rings is 1. The molecule has 13 heavy (non-hydrogen) atoms. The van der Waals surface area contributed by atoms with Gasteiger partial charge in [-0.1, -0.05) is 0 Å². The van der Waals surface area contributed by atoms with Gasteiger partial charge in [0.15, 0.2) is 6.20 Å². The molecule has 0 aliphatic heterocycles. The molecule has 1 aliphatic rings. The van der Waals surface area contributed by atoms with Crippen LogP contribution in [0.5, 0.6) is 0 Å². The van der Waals surface area contributed by atoms with Crippen molar-refractivity contribution in [2.24, 2.45) is 0 Å². The first-order chi connectivity index (χ1) is 6.22. The highest BCUT2D eigenvalue weighted by Gasteiger charge is 2.39. The summed E-state index contributed by atoms with van der Waals surface area (Å²) in [5.74, 6) is 0. The van der Waals surface area contributed by atoms with Crippen LogP contribution in [0.25, 0.3) is 0 Å². The molecule has 0 spiro atoms. The van der Waals surface area contributed by atoms with Crippen molar-refractivity contribution in [2.45, 2.75) is 31.3 Å². The Bertz CT molecular complexity index is 306. The molecule has 1 aliphatic carbocycles. The van der Waals surface area contributed by atoms with Crippen LogP contribution in [0.4, 0.5) is 0 Å². The molecule has 0 atom stereocenters. The van der Waals surface area contributed by atoms with Gasteiger partial charge in [-0.15, -0.1) is 0 Å². The molecule has 0 saturated heterocycles. The fourth-order valence-electron chi connectivity index (χ4n) is 2.00. The minimum absolute atomic E-state index is 0.493. The van der Waals surface area contributed by atoms with Gasteiger partial charge in [0.1, 0.15) is 5.60 Å². The van der Waals surface area contributed by atoms with Crippen LogP contribution in [-0.4, -0.2) is 5.11 Å². The number of hydrogen-bond donors (Lipinski definition) is 1. The third kappa shape index (κ3) is 1.40. The van der Waals surface area contributed by atoms with E-state index in [4.69, 9.17) is 0 Å². The van der Waals surface area contributed by atoms with Crippen molar-refractivity contribution in [3.63, 3.8) is 0 Å². The Kier molecular flexibility index (Phi) is 1.96. The number of hydrogen-bond acceptors (Lipinski definition) is 2. The summed E-state index contributed by atoms with van der Waals surface area (Å²) in [7, 11) is 0. The van der Waals surface area contributed by atoms with Crippen LogP contribution in [0.3, 0.4) is 0 Å². The zero-order valence-corrected chi connectivity index (χ0v) is 7.44. The van der Waals surface area contributed by atoms with Crippen LogP contribution in [0.15, 0.2) is 24.4 Å². The largest absolute Gasteiger partial charge is 0.618 e. The second-order valence-corrected chi connectivity index (χ2v) is 3.65. The molecular formula is C10H13NO2. The summed E-state index contributed by atoms with van der Waals surface area (Å²) in [4.78, 5) is 0. The van der Waals surface area contributed by atoms with Gasteiger partial charge in [-0.3, -0.25) is 0 Å². The lowest BCUT2D eigenvalue weighted by molar-refractivity contribution is -0.622. The van der Waals surface area contributed by atoms with Crippen LogP contribution in [0.1, 0.15) is 31.4 Å². The molecule has 1 N–H and O–H groups in total. The van der Waals surface area contributed by atoms with Crippen LogP contribution < -0.4 is 4.73 Å². The molecule has 2 rings (SSSR count). The maximum absolute atomic E-state index is 11.4. The molecule has 0 unspecified atom stereocenters. The molecule has 1 saturated carbocycles. The Morgan fingerprint density at radius 3 is 2.62 bits per heavy atom. The van der Waals surface area contributed by atoms with Crippen LogP contribution in [0.2, 0.25) is 0 Å². The van der Waals surface area contributed by atoms with E-state index in [1.54, 1.807) is 18.2 Å². The van der Waals surface area contributed by atoms with Gasteiger partial charge in [-0.05, 0) is 31.7 Å². The first-order valence-corrected chi connectivity index (χ1v) is 4.63. The van der Waals surface area contributed by atoms with Gasteiger partial charge in [0.05, 0.1) is 0 Å². The third-order valence-corrected chi connectivity index (χ3v) is 2.73. The highest BCUT2D eigenvalue weighted by molar-refractivity contribution is 5.09. The van der Waals surface area contributed by atoms with E-state index in [1.807, 2.05) is 0 Å². The maximum atomic E-state index is 11.4. The van der Waals surface area contributed by atoms with Crippen molar-refractivity contribution in [3.05, 3.63) is 35.3 Å². The zero-order chi connectivity index (χ0) is 9.31. The SMILES string of the molecule is [O-][n+]1ccccc1C1(O)CCCC1. The molecule has 1 fully saturated rings. The standard InChI is InChI=1S/C10H13NO2/c12-10(6-2-3-7-10)9-5-1-4-8-11(9)13/h1,4-5,8,12H,2-3,6-7H2. The van der Waals surface area contributed by atoms with Crippen LogP contribution in [0, 0.1) is 5.21 Å². The van der Waals surface area contributed by atoms with Crippen molar-refractivity contribution >= 4 is 0 Å². The minimum Gasteiger partial charge on any atom is -0.618 e. The summed E-state index contributed by atoms with van der Waals surface area (Å²) in [5, 5.41) is 21.5. The van der Waals surface area contributed by atoms with Crippen molar-refractivity contribution in [1.29, 1.82) is 0 Å². The van der Waals surface area contributed by atoms with Gasteiger partial charge in [-0.25, -0.2) is 0 Å². The zero-order valence-electron chi connectivity index (χ0n) is 7.44. The van der Waals surface area contributed by atoms with E-state index in [1.165, 1.54) is 6.20 Å². The van der Waals surface area contributed by atoms with Crippen LogP contribution >= 0.6 is 0 Å². The lowest BCUT2D eigenvalue weighted by atomic mass is 9.97. The van der Waals surface area contributed by atoms with Gasteiger partial charge in [-0.2, -0.15) is 4.73 Å². The Labute approximate surface area is 77.2 Å². The van der Waals surface area contributed by atoms with Gasteiger partial charge in [0.25, 0.3) is 0 Å². The normalized spacial score (nSPS) is 20.4. The molecule has 1 heterocycles. The smallest absolute Gasteiger partial charge is 0.224 e. The van der Waals surface area contributed by atoms with E-state index in [-0.39, 0.29) is 0 Å². The van der Waals surface area contributed by atoms with E-state index >= 15 is 0 Å². The summed E-state index contributed by atoms with van der Waals surface area (Å²) < 4.78 is 0.769. The van der Waals surface area contributed by atoms with E-state index in [0.29, 0.717) is 18.5 Å². The predicted octanol–water partition coefficient (Wildman–Crippen LogP) is 1.08. The lowest BCUT2D eigenvalue weighted by Crippen LogP contribution is -2.40. The maximum Gasteiger partial charge on any atom is 0.224 e. The minimum atomic E-state index is -0.872. The number of aliphatic hydroxyl groups is 1.